The van der Waals surface area contributed by atoms with Gasteiger partial charge in [-0.2, -0.15) is 0 Å². The lowest BCUT2D eigenvalue weighted by atomic mass is 9.82. The van der Waals surface area contributed by atoms with Crippen LogP contribution in [-0.2, 0) is 10.4 Å². The fraction of sp³-hybridized carbons (Fsp3) is 0.636. The number of pyridine rings is 1. The van der Waals surface area contributed by atoms with E-state index in [2.05, 4.69) is 63.6 Å². The molecule has 0 saturated carbocycles. The Morgan fingerprint density at radius 2 is 2.00 bits per heavy atom. The molecule has 39 heavy (non-hydrogen) atoms. The molecule has 0 spiro atoms. The van der Waals surface area contributed by atoms with Gasteiger partial charge in [0.2, 0.25) is 0 Å². The number of esters is 1. The monoisotopic (exact) mass is 556 g/mol. The van der Waals surface area contributed by atoms with Crippen LogP contribution in [0.5, 0.6) is 11.5 Å². The zero-order valence-corrected chi connectivity index (χ0v) is 25.7. The lowest BCUT2D eigenvalue weighted by molar-refractivity contribution is -0.134. The zero-order chi connectivity index (χ0) is 27.3. The Kier molecular flexibility index (Phi) is 11.3. The minimum atomic E-state index is -0.494. The van der Waals surface area contributed by atoms with Gasteiger partial charge in [0.05, 0.1) is 5.56 Å². The van der Waals surface area contributed by atoms with Crippen molar-refractivity contribution in [3.63, 3.8) is 0 Å². The van der Waals surface area contributed by atoms with Crippen molar-refractivity contribution in [1.29, 1.82) is 0 Å². The van der Waals surface area contributed by atoms with E-state index < -0.39 is 5.60 Å². The molecule has 0 amide bonds. The van der Waals surface area contributed by atoms with Gasteiger partial charge in [0.25, 0.3) is 0 Å². The summed E-state index contributed by atoms with van der Waals surface area (Å²) >= 11 is 0. The molecule has 3 atom stereocenters. The second-order valence-corrected chi connectivity index (χ2v) is 12.1. The number of nitrogens with zero attached hydrogens (tertiary/aromatic N) is 2. The van der Waals surface area contributed by atoms with E-state index >= 15 is 0 Å². The maximum Gasteiger partial charge on any atom is 0.311 e. The summed E-state index contributed by atoms with van der Waals surface area (Å²) in [5.74, 6) is 2.07. The summed E-state index contributed by atoms with van der Waals surface area (Å²) in [6.07, 6.45) is 13.7. The van der Waals surface area contributed by atoms with Crippen molar-refractivity contribution in [2.75, 3.05) is 13.1 Å². The minimum Gasteiger partial charge on any atom is -0.482 e. The number of benzene rings is 1. The normalized spacial score (nSPS) is 19.6. The van der Waals surface area contributed by atoms with Crippen molar-refractivity contribution >= 4 is 18.4 Å². The molecule has 2 aliphatic rings. The van der Waals surface area contributed by atoms with Crippen LogP contribution < -0.4 is 9.47 Å². The Morgan fingerprint density at radius 3 is 2.74 bits per heavy atom. The fourth-order valence-electron chi connectivity index (χ4n) is 6.13. The van der Waals surface area contributed by atoms with Crippen molar-refractivity contribution in [3.8, 4) is 22.6 Å². The molecule has 1 aromatic heterocycles. The summed E-state index contributed by atoms with van der Waals surface area (Å²) < 4.78 is 12.7. The van der Waals surface area contributed by atoms with Gasteiger partial charge < -0.3 is 14.4 Å². The molecule has 0 N–H and O–H groups in total. The fourth-order valence-corrected chi connectivity index (χ4v) is 6.13. The van der Waals surface area contributed by atoms with Crippen LogP contribution in [0, 0.1) is 5.92 Å². The molecule has 4 rings (SSSR count). The summed E-state index contributed by atoms with van der Waals surface area (Å²) in [5.41, 5.74) is 3.57. The molecule has 1 saturated heterocycles. The van der Waals surface area contributed by atoms with Crippen LogP contribution in [0.15, 0.2) is 30.6 Å². The van der Waals surface area contributed by atoms with Crippen molar-refractivity contribution in [3.05, 3.63) is 41.7 Å². The summed E-state index contributed by atoms with van der Waals surface area (Å²) in [6, 6.07) is 6.87. The van der Waals surface area contributed by atoms with E-state index in [4.69, 9.17) is 9.47 Å². The highest BCUT2D eigenvalue weighted by Crippen LogP contribution is 2.50. The largest absolute Gasteiger partial charge is 0.482 e. The van der Waals surface area contributed by atoms with Gasteiger partial charge in [-0.3, -0.25) is 9.78 Å². The third kappa shape index (κ3) is 7.55. The van der Waals surface area contributed by atoms with Gasteiger partial charge in [-0.05, 0) is 88.7 Å². The van der Waals surface area contributed by atoms with Gasteiger partial charge in [-0.15, -0.1) is 12.4 Å². The topological polar surface area (TPSA) is 51.7 Å². The molecule has 1 aromatic carbocycles. The van der Waals surface area contributed by atoms with Crippen molar-refractivity contribution < 1.29 is 14.3 Å². The first-order valence-corrected chi connectivity index (χ1v) is 15.0. The number of piperidine rings is 1. The van der Waals surface area contributed by atoms with Gasteiger partial charge in [-0.25, -0.2) is 0 Å². The number of aromatic nitrogens is 1. The van der Waals surface area contributed by atoms with Crippen LogP contribution in [0.4, 0.5) is 0 Å². The number of halogens is 1. The van der Waals surface area contributed by atoms with Crippen LogP contribution in [0.3, 0.4) is 0 Å². The number of carbonyl (C=O) groups excluding carboxylic acids is 1. The second-order valence-electron chi connectivity index (χ2n) is 12.1. The van der Waals surface area contributed by atoms with Gasteiger partial charge in [0.15, 0.2) is 0 Å². The third-order valence-electron chi connectivity index (χ3n) is 8.83. The highest BCUT2D eigenvalue weighted by Gasteiger charge is 2.36. The minimum absolute atomic E-state index is 0. The Hall–Kier alpha value is -2.11. The molecule has 0 radical (unpaired) electrons. The maximum absolute atomic E-state index is 13.2. The molecule has 0 bridgehead atoms. The highest BCUT2D eigenvalue weighted by molar-refractivity contribution is 5.85. The standard InChI is InChI=1S/C33H48N2O3.ClH/c1-7-8-9-13-23(2)25(4)26-20-29(37-31(36)15-12-19-35-18-11-10-14-24(35)3)32-27-22-34-17-16-28(27)33(5,6)38-30(32)21-26;/h16-17,20-25H,7-15,18-19H2,1-6H3;1H. The zero-order valence-electron chi connectivity index (χ0n) is 24.9. The average molecular weight is 557 g/mol. The number of fused-ring (bicyclic) bond motifs is 3. The Morgan fingerprint density at radius 1 is 1.21 bits per heavy atom. The van der Waals surface area contributed by atoms with Gasteiger partial charge >= 0.3 is 5.97 Å². The van der Waals surface area contributed by atoms with E-state index in [-0.39, 0.29) is 18.4 Å². The maximum atomic E-state index is 13.2. The van der Waals surface area contributed by atoms with E-state index in [1.54, 1.807) is 6.20 Å². The van der Waals surface area contributed by atoms with Crippen LogP contribution in [0.25, 0.3) is 11.1 Å². The molecule has 5 nitrogen and oxygen atoms in total. The van der Waals surface area contributed by atoms with Crippen molar-refractivity contribution in [2.45, 2.75) is 117 Å². The first-order valence-electron chi connectivity index (χ1n) is 15.0. The molecule has 6 heteroatoms. The third-order valence-corrected chi connectivity index (χ3v) is 8.83. The molecule has 2 aliphatic heterocycles. The van der Waals surface area contributed by atoms with Crippen LogP contribution in [0.1, 0.15) is 116 Å². The number of hydrogen-bond donors (Lipinski definition) is 0. The van der Waals surface area contributed by atoms with E-state index in [9.17, 15) is 4.79 Å². The summed E-state index contributed by atoms with van der Waals surface area (Å²) in [4.78, 5) is 20.1. The average Bonchev–Trinajstić information content (AvgIpc) is 2.89. The summed E-state index contributed by atoms with van der Waals surface area (Å²) in [6.45, 7) is 15.4. The Labute approximate surface area is 242 Å². The van der Waals surface area contributed by atoms with E-state index in [1.807, 2.05) is 12.3 Å². The first-order chi connectivity index (χ1) is 18.2. The molecule has 216 valence electrons. The van der Waals surface area contributed by atoms with E-state index in [0.29, 0.717) is 30.0 Å². The molecule has 3 heterocycles. The lowest BCUT2D eigenvalue weighted by Crippen LogP contribution is -2.38. The second kappa shape index (κ2) is 14.0. The molecule has 3 unspecified atom stereocenters. The van der Waals surface area contributed by atoms with Crippen molar-refractivity contribution in [1.82, 2.24) is 9.88 Å². The van der Waals surface area contributed by atoms with Crippen molar-refractivity contribution in [2.24, 2.45) is 5.92 Å². The van der Waals surface area contributed by atoms with E-state index in [1.165, 1.54) is 50.5 Å². The van der Waals surface area contributed by atoms with E-state index in [0.717, 1.165) is 42.0 Å². The molecule has 2 aromatic rings. The quantitative estimate of drug-likeness (QED) is 0.157. The molecular weight excluding hydrogens is 508 g/mol. The van der Waals surface area contributed by atoms with Gasteiger partial charge in [0.1, 0.15) is 17.1 Å². The van der Waals surface area contributed by atoms with Crippen LogP contribution >= 0.6 is 12.4 Å². The first kappa shape index (κ1) is 31.4. The predicted octanol–water partition coefficient (Wildman–Crippen LogP) is 8.68. The smallest absolute Gasteiger partial charge is 0.311 e. The van der Waals surface area contributed by atoms with Gasteiger partial charge in [0, 0.05) is 36.0 Å². The highest BCUT2D eigenvalue weighted by atomic mass is 35.5. The number of rotatable bonds is 11. The lowest BCUT2D eigenvalue weighted by Gasteiger charge is -2.36. The van der Waals surface area contributed by atoms with Crippen LogP contribution in [-0.4, -0.2) is 35.0 Å². The number of carbonyl (C=O) groups is 1. The van der Waals surface area contributed by atoms with Crippen LogP contribution in [0.2, 0.25) is 0 Å². The molecular formula is C33H49ClN2O3. The summed E-state index contributed by atoms with van der Waals surface area (Å²) in [7, 11) is 0. The number of unbranched alkanes of at least 4 members (excludes halogenated alkanes) is 2. The van der Waals surface area contributed by atoms with Gasteiger partial charge in [-0.1, -0.05) is 52.9 Å². The number of hydrogen-bond acceptors (Lipinski definition) is 5. The number of likely N-dealkylation sites (tertiary alicyclic amines) is 1. The number of ether oxygens (including phenoxy) is 2. The predicted molar refractivity (Wildman–Crippen MR) is 162 cm³/mol. The molecule has 1 fully saturated rings. The Balaban J connectivity index is 0.00000420. The molecule has 0 aliphatic carbocycles. The summed E-state index contributed by atoms with van der Waals surface area (Å²) in [5, 5.41) is 0. The SMILES string of the molecule is CCCCCC(C)C(C)c1cc(OC(=O)CCCN2CCCCC2C)c2c(c1)OC(C)(C)c1ccncc1-2.Cl. The Bertz CT molecular complexity index is 1100.